The van der Waals surface area contributed by atoms with Crippen LogP contribution in [0, 0.1) is 0 Å². The Labute approximate surface area is 112 Å². The maximum Gasteiger partial charge on any atom is 0.165 e. The van der Waals surface area contributed by atoms with Crippen molar-refractivity contribution in [1.82, 2.24) is 10.2 Å². The van der Waals surface area contributed by atoms with Crippen molar-refractivity contribution >= 4 is 5.78 Å². The van der Waals surface area contributed by atoms with Crippen molar-refractivity contribution < 1.29 is 4.79 Å². The average molecular weight is 252 g/mol. The van der Waals surface area contributed by atoms with Gasteiger partial charge in [0.25, 0.3) is 0 Å². The highest BCUT2D eigenvalue weighted by Gasteiger charge is 2.22. The molecule has 0 aliphatic heterocycles. The average Bonchev–Trinajstić information content (AvgIpc) is 2.48. The fraction of sp³-hybridized carbons (Fsp3) is 0.312. The third-order valence-electron chi connectivity index (χ3n) is 3.83. The number of Topliss-reactive ketones (excluding diaryl/α,β-unsaturated/α-hetero) is 1. The van der Waals surface area contributed by atoms with Crippen LogP contribution in [0.1, 0.15) is 46.7 Å². The summed E-state index contributed by atoms with van der Waals surface area (Å²) in [6.45, 7) is 0. The second-order valence-corrected chi connectivity index (χ2v) is 5.05. The normalized spacial score (nSPS) is 17.8. The van der Waals surface area contributed by atoms with E-state index in [-0.39, 0.29) is 5.78 Å². The quantitative estimate of drug-likeness (QED) is 0.788. The number of hydrogen-bond donors (Lipinski definition) is 0. The number of ketones is 1. The van der Waals surface area contributed by atoms with E-state index in [2.05, 4.69) is 34.5 Å². The van der Waals surface area contributed by atoms with Gasteiger partial charge in [0, 0.05) is 12.0 Å². The summed E-state index contributed by atoms with van der Waals surface area (Å²) in [4.78, 5) is 12.3. The van der Waals surface area contributed by atoms with E-state index < -0.39 is 0 Å². The van der Waals surface area contributed by atoms with Crippen LogP contribution in [-0.4, -0.2) is 16.0 Å². The molecule has 0 spiro atoms. The van der Waals surface area contributed by atoms with Crippen LogP contribution in [-0.2, 0) is 6.42 Å². The smallest absolute Gasteiger partial charge is 0.165 e. The van der Waals surface area contributed by atoms with Crippen molar-refractivity contribution in [2.75, 3.05) is 0 Å². The molecule has 0 saturated carbocycles. The summed E-state index contributed by atoms with van der Waals surface area (Å²) < 4.78 is 0. The van der Waals surface area contributed by atoms with Crippen LogP contribution < -0.4 is 0 Å². The van der Waals surface area contributed by atoms with Crippen molar-refractivity contribution in [3.8, 4) is 0 Å². The zero-order chi connectivity index (χ0) is 13.1. The SMILES string of the molecule is O=C(CC1CCCc2ccccc21)c1ccnnc1. The Hall–Kier alpha value is -2.03. The number of nitrogens with zero attached hydrogens (tertiary/aromatic N) is 2. The molecule has 0 amide bonds. The molecule has 0 saturated heterocycles. The van der Waals surface area contributed by atoms with Gasteiger partial charge in [-0.3, -0.25) is 4.79 Å². The number of fused-ring (bicyclic) bond motifs is 1. The number of aryl methyl sites for hydroxylation is 1. The maximum absolute atomic E-state index is 12.3. The molecule has 2 aromatic rings. The third kappa shape index (κ3) is 2.55. The van der Waals surface area contributed by atoms with Gasteiger partial charge >= 0.3 is 0 Å². The summed E-state index contributed by atoms with van der Waals surface area (Å²) in [7, 11) is 0. The highest BCUT2D eigenvalue weighted by Crippen LogP contribution is 2.34. The van der Waals surface area contributed by atoms with Crippen LogP contribution >= 0.6 is 0 Å². The Morgan fingerprint density at radius 2 is 2.11 bits per heavy atom. The molecule has 0 bridgehead atoms. The number of carbonyl (C=O) groups excluding carboxylic acids is 1. The lowest BCUT2D eigenvalue weighted by atomic mass is 9.80. The molecule has 1 aromatic heterocycles. The molecule has 0 N–H and O–H groups in total. The summed E-state index contributed by atoms with van der Waals surface area (Å²) in [5.41, 5.74) is 3.42. The first-order chi connectivity index (χ1) is 9.34. The fourth-order valence-corrected chi connectivity index (χ4v) is 2.86. The van der Waals surface area contributed by atoms with Crippen molar-refractivity contribution in [3.63, 3.8) is 0 Å². The van der Waals surface area contributed by atoms with E-state index in [0.717, 1.165) is 12.8 Å². The Morgan fingerprint density at radius 3 is 2.95 bits per heavy atom. The lowest BCUT2D eigenvalue weighted by molar-refractivity contribution is 0.0970. The predicted molar refractivity (Wildman–Crippen MR) is 73.1 cm³/mol. The second-order valence-electron chi connectivity index (χ2n) is 5.05. The minimum Gasteiger partial charge on any atom is -0.294 e. The second kappa shape index (κ2) is 5.31. The first-order valence-corrected chi connectivity index (χ1v) is 6.72. The van der Waals surface area contributed by atoms with Crippen molar-refractivity contribution in [3.05, 3.63) is 59.4 Å². The van der Waals surface area contributed by atoms with E-state index in [4.69, 9.17) is 0 Å². The van der Waals surface area contributed by atoms with E-state index in [1.807, 2.05) is 0 Å². The molecule has 1 unspecified atom stereocenters. The first kappa shape index (κ1) is 12.0. The molecule has 3 rings (SSSR count). The van der Waals surface area contributed by atoms with E-state index in [1.165, 1.54) is 17.5 Å². The molecule has 96 valence electrons. The predicted octanol–water partition coefficient (Wildman–Crippen LogP) is 3.17. The van der Waals surface area contributed by atoms with Crippen LogP contribution in [0.5, 0.6) is 0 Å². The van der Waals surface area contributed by atoms with Gasteiger partial charge in [0.15, 0.2) is 5.78 Å². The molecule has 1 heterocycles. The number of carbonyl (C=O) groups is 1. The van der Waals surface area contributed by atoms with Gasteiger partial charge in [-0.15, -0.1) is 0 Å². The van der Waals surface area contributed by atoms with E-state index in [0.29, 0.717) is 17.9 Å². The summed E-state index contributed by atoms with van der Waals surface area (Å²) in [5.74, 6) is 0.516. The fourth-order valence-electron chi connectivity index (χ4n) is 2.86. The summed E-state index contributed by atoms with van der Waals surface area (Å²) >= 11 is 0. The van der Waals surface area contributed by atoms with Gasteiger partial charge < -0.3 is 0 Å². The molecule has 1 atom stereocenters. The minimum atomic E-state index is 0.164. The Kier molecular flexibility index (Phi) is 3.36. The van der Waals surface area contributed by atoms with Gasteiger partial charge in [0.1, 0.15) is 0 Å². The zero-order valence-corrected chi connectivity index (χ0v) is 10.7. The first-order valence-electron chi connectivity index (χ1n) is 6.72. The number of aromatic nitrogens is 2. The summed E-state index contributed by atoms with van der Waals surface area (Å²) in [6, 6.07) is 10.2. The topological polar surface area (TPSA) is 42.9 Å². The van der Waals surface area contributed by atoms with E-state index >= 15 is 0 Å². The Morgan fingerprint density at radius 1 is 1.21 bits per heavy atom. The largest absolute Gasteiger partial charge is 0.294 e. The highest BCUT2D eigenvalue weighted by atomic mass is 16.1. The van der Waals surface area contributed by atoms with Crippen LogP contribution in [0.3, 0.4) is 0 Å². The maximum atomic E-state index is 12.3. The Bertz CT molecular complexity index is 580. The van der Waals surface area contributed by atoms with Crippen LogP contribution in [0.25, 0.3) is 0 Å². The van der Waals surface area contributed by atoms with Crippen molar-refractivity contribution in [2.24, 2.45) is 0 Å². The molecular formula is C16H16N2O. The molecule has 1 aromatic carbocycles. The van der Waals surface area contributed by atoms with Gasteiger partial charge in [0.2, 0.25) is 0 Å². The summed E-state index contributed by atoms with van der Waals surface area (Å²) in [6.07, 6.45) is 7.10. The molecule has 0 radical (unpaired) electrons. The van der Waals surface area contributed by atoms with Crippen LogP contribution in [0.2, 0.25) is 0 Å². The zero-order valence-electron chi connectivity index (χ0n) is 10.7. The lowest BCUT2D eigenvalue weighted by Crippen LogP contribution is -2.14. The van der Waals surface area contributed by atoms with Crippen molar-refractivity contribution in [2.45, 2.75) is 31.6 Å². The van der Waals surface area contributed by atoms with E-state index in [9.17, 15) is 4.79 Å². The molecular weight excluding hydrogens is 236 g/mol. The lowest BCUT2D eigenvalue weighted by Gasteiger charge is -2.24. The van der Waals surface area contributed by atoms with Crippen LogP contribution in [0.15, 0.2) is 42.7 Å². The van der Waals surface area contributed by atoms with Gasteiger partial charge in [-0.25, -0.2) is 0 Å². The van der Waals surface area contributed by atoms with Gasteiger partial charge in [-0.2, -0.15) is 10.2 Å². The standard InChI is InChI=1S/C16H16N2O/c19-16(14-8-9-17-18-11-14)10-13-6-3-5-12-4-1-2-7-15(12)13/h1-2,4,7-9,11,13H,3,5-6,10H2. The molecule has 0 fully saturated rings. The van der Waals surface area contributed by atoms with Gasteiger partial charge in [0.05, 0.1) is 12.4 Å². The number of rotatable bonds is 3. The third-order valence-corrected chi connectivity index (χ3v) is 3.83. The molecule has 1 aliphatic rings. The molecule has 1 aliphatic carbocycles. The number of hydrogen-bond acceptors (Lipinski definition) is 3. The molecule has 19 heavy (non-hydrogen) atoms. The Balaban J connectivity index is 1.80. The highest BCUT2D eigenvalue weighted by molar-refractivity contribution is 5.96. The minimum absolute atomic E-state index is 0.164. The van der Waals surface area contributed by atoms with Crippen molar-refractivity contribution in [1.29, 1.82) is 0 Å². The van der Waals surface area contributed by atoms with Crippen LogP contribution in [0.4, 0.5) is 0 Å². The molecule has 3 nitrogen and oxygen atoms in total. The monoisotopic (exact) mass is 252 g/mol. The van der Waals surface area contributed by atoms with Gasteiger partial charge in [-0.1, -0.05) is 24.3 Å². The van der Waals surface area contributed by atoms with E-state index in [1.54, 1.807) is 18.5 Å². The number of benzene rings is 1. The van der Waals surface area contributed by atoms with Gasteiger partial charge in [-0.05, 0) is 42.4 Å². The molecule has 3 heteroatoms. The summed E-state index contributed by atoms with van der Waals surface area (Å²) in [5, 5.41) is 7.48.